The molecule has 2 aliphatic rings. The first-order chi connectivity index (χ1) is 14.5. The van der Waals surface area contributed by atoms with E-state index in [0.29, 0.717) is 11.3 Å². The molecule has 0 spiro atoms. The van der Waals surface area contributed by atoms with E-state index in [9.17, 15) is 18.8 Å². The van der Waals surface area contributed by atoms with E-state index in [0.717, 1.165) is 25.7 Å². The van der Waals surface area contributed by atoms with E-state index in [2.05, 4.69) is 10.6 Å². The Morgan fingerprint density at radius 2 is 1.70 bits per heavy atom. The lowest BCUT2D eigenvalue weighted by molar-refractivity contribution is -0.122. The Kier molecular flexibility index (Phi) is 5.79. The van der Waals surface area contributed by atoms with Crippen LogP contribution < -0.4 is 15.5 Å². The zero-order valence-corrected chi connectivity index (χ0v) is 16.6. The van der Waals surface area contributed by atoms with Gasteiger partial charge in [-0.1, -0.05) is 37.1 Å². The molecule has 6 nitrogen and oxygen atoms in total. The number of nitrogens with zero attached hydrogens (tertiary/aromatic N) is 1. The molecule has 1 aliphatic heterocycles. The van der Waals surface area contributed by atoms with E-state index in [4.69, 9.17) is 0 Å². The van der Waals surface area contributed by atoms with E-state index < -0.39 is 11.7 Å². The van der Waals surface area contributed by atoms with Gasteiger partial charge in [0, 0.05) is 19.0 Å². The van der Waals surface area contributed by atoms with Crippen molar-refractivity contribution in [3.05, 3.63) is 59.9 Å². The monoisotopic (exact) mass is 409 g/mol. The SMILES string of the molecule is O=C(NC1CCCC1)c1ccccc1NC(=O)[C@@H]1CC(=O)N(c2ccccc2F)C1. The van der Waals surface area contributed by atoms with Crippen LogP contribution in [0.1, 0.15) is 42.5 Å². The molecule has 1 aliphatic carbocycles. The first kappa shape index (κ1) is 20.1. The van der Waals surface area contributed by atoms with Crippen molar-refractivity contribution in [2.75, 3.05) is 16.8 Å². The van der Waals surface area contributed by atoms with Crippen LogP contribution in [0.5, 0.6) is 0 Å². The molecule has 30 heavy (non-hydrogen) atoms. The van der Waals surface area contributed by atoms with E-state index in [1.54, 1.807) is 36.4 Å². The summed E-state index contributed by atoms with van der Waals surface area (Å²) in [4.78, 5) is 39.2. The van der Waals surface area contributed by atoms with Crippen molar-refractivity contribution in [3.63, 3.8) is 0 Å². The molecular formula is C23H24FN3O3. The highest BCUT2D eigenvalue weighted by Gasteiger charge is 2.36. The molecule has 2 aromatic rings. The van der Waals surface area contributed by atoms with Crippen molar-refractivity contribution in [2.24, 2.45) is 5.92 Å². The second-order valence-electron chi connectivity index (χ2n) is 7.85. The van der Waals surface area contributed by atoms with E-state index in [1.165, 1.54) is 17.0 Å². The van der Waals surface area contributed by atoms with Gasteiger partial charge in [-0.25, -0.2) is 4.39 Å². The Hall–Kier alpha value is -3.22. The number of benzene rings is 2. The van der Waals surface area contributed by atoms with Gasteiger partial charge in [0.05, 0.1) is 22.9 Å². The molecule has 0 unspecified atom stereocenters. The van der Waals surface area contributed by atoms with Gasteiger partial charge in [-0.15, -0.1) is 0 Å². The number of carbonyl (C=O) groups is 3. The summed E-state index contributed by atoms with van der Waals surface area (Å²) in [5.41, 5.74) is 0.983. The molecular weight excluding hydrogens is 385 g/mol. The highest BCUT2D eigenvalue weighted by Crippen LogP contribution is 2.28. The predicted molar refractivity (Wildman–Crippen MR) is 112 cm³/mol. The van der Waals surface area contributed by atoms with Crippen LogP contribution in [0.3, 0.4) is 0 Å². The number of hydrogen-bond acceptors (Lipinski definition) is 3. The van der Waals surface area contributed by atoms with Gasteiger partial charge in [-0.05, 0) is 37.1 Å². The zero-order valence-electron chi connectivity index (χ0n) is 16.6. The molecule has 1 atom stereocenters. The zero-order chi connectivity index (χ0) is 21.1. The molecule has 156 valence electrons. The number of nitrogens with one attached hydrogen (secondary N) is 2. The van der Waals surface area contributed by atoms with Crippen LogP contribution in [-0.4, -0.2) is 30.3 Å². The van der Waals surface area contributed by atoms with Crippen LogP contribution in [0.15, 0.2) is 48.5 Å². The topological polar surface area (TPSA) is 78.5 Å². The summed E-state index contributed by atoms with van der Waals surface area (Å²) in [6.07, 6.45) is 4.15. The number of anilines is 2. The fraction of sp³-hybridized carbons (Fsp3) is 0.348. The predicted octanol–water partition coefficient (Wildman–Crippen LogP) is 3.49. The molecule has 2 N–H and O–H groups in total. The van der Waals surface area contributed by atoms with Gasteiger partial charge in [0.2, 0.25) is 11.8 Å². The second kappa shape index (κ2) is 8.65. The maximum absolute atomic E-state index is 14.1. The van der Waals surface area contributed by atoms with Crippen LogP contribution in [0.2, 0.25) is 0 Å². The van der Waals surface area contributed by atoms with Crippen LogP contribution in [0.4, 0.5) is 15.8 Å². The fourth-order valence-electron chi connectivity index (χ4n) is 4.14. The normalized spacial score (nSPS) is 19.2. The number of para-hydroxylation sites is 2. The van der Waals surface area contributed by atoms with Gasteiger partial charge < -0.3 is 15.5 Å². The van der Waals surface area contributed by atoms with E-state index >= 15 is 0 Å². The Balaban J connectivity index is 1.45. The summed E-state index contributed by atoms with van der Waals surface area (Å²) in [5.74, 6) is -1.99. The minimum absolute atomic E-state index is 0.00337. The van der Waals surface area contributed by atoms with Crippen molar-refractivity contribution >= 4 is 29.1 Å². The third-order valence-corrected chi connectivity index (χ3v) is 5.76. The lowest BCUT2D eigenvalue weighted by atomic mass is 10.1. The van der Waals surface area contributed by atoms with Gasteiger partial charge in [0.1, 0.15) is 5.82 Å². The molecule has 4 rings (SSSR count). The molecule has 1 saturated heterocycles. The number of carbonyl (C=O) groups excluding carboxylic acids is 3. The lowest BCUT2D eigenvalue weighted by Crippen LogP contribution is -2.34. The number of amides is 3. The van der Waals surface area contributed by atoms with Crippen molar-refractivity contribution in [1.29, 1.82) is 0 Å². The van der Waals surface area contributed by atoms with Gasteiger partial charge in [0.25, 0.3) is 5.91 Å². The van der Waals surface area contributed by atoms with Gasteiger partial charge >= 0.3 is 0 Å². The smallest absolute Gasteiger partial charge is 0.253 e. The molecule has 0 bridgehead atoms. The van der Waals surface area contributed by atoms with E-state index in [-0.39, 0.29) is 42.4 Å². The summed E-state index contributed by atoms with van der Waals surface area (Å²) in [7, 11) is 0. The average molecular weight is 409 g/mol. The largest absolute Gasteiger partial charge is 0.349 e. The van der Waals surface area contributed by atoms with E-state index in [1.807, 2.05) is 0 Å². The molecule has 0 radical (unpaired) electrons. The molecule has 3 amide bonds. The maximum Gasteiger partial charge on any atom is 0.253 e. The van der Waals surface area contributed by atoms with Crippen molar-refractivity contribution in [1.82, 2.24) is 5.32 Å². The quantitative estimate of drug-likeness (QED) is 0.794. The van der Waals surface area contributed by atoms with Crippen LogP contribution in [-0.2, 0) is 9.59 Å². The average Bonchev–Trinajstić information content (AvgIpc) is 3.38. The summed E-state index contributed by atoms with van der Waals surface area (Å²) >= 11 is 0. The standard InChI is InChI=1S/C23H24FN3O3/c24-18-10-4-6-12-20(18)27-14-15(13-21(27)28)22(29)26-19-11-5-3-9-17(19)23(30)25-16-7-1-2-8-16/h3-6,9-12,15-16H,1-2,7-8,13-14H2,(H,25,30)(H,26,29)/t15-/m1/s1. The van der Waals surface area contributed by atoms with Gasteiger partial charge in [0.15, 0.2) is 0 Å². The van der Waals surface area contributed by atoms with Crippen LogP contribution >= 0.6 is 0 Å². The van der Waals surface area contributed by atoms with Crippen molar-refractivity contribution in [2.45, 2.75) is 38.1 Å². The molecule has 2 aromatic carbocycles. The highest BCUT2D eigenvalue weighted by atomic mass is 19.1. The third-order valence-electron chi connectivity index (χ3n) is 5.76. The van der Waals surface area contributed by atoms with Crippen LogP contribution in [0.25, 0.3) is 0 Å². The fourth-order valence-corrected chi connectivity index (χ4v) is 4.14. The summed E-state index contributed by atoms with van der Waals surface area (Å²) in [5, 5.41) is 5.82. The maximum atomic E-state index is 14.1. The van der Waals surface area contributed by atoms with Crippen molar-refractivity contribution < 1.29 is 18.8 Å². The Morgan fingerprint density at radius 1 is 1.00 bits per heavy atom. The first-order valence-corrected chi connectivity index (χ1v) is 10.3. The molecule has 1 heterocycles. The number of rotatable bonds is 5. The minimum Gasteiger partial charge on any atom is -0.349 e. The Bertz CT molecular complexity index is 972. The highest BCUT2D eigenvalue weighted by molar-refractivity contribution is 6.07. The molecule has 2 fully saturated rings. The van der Waals surface area contributed by atoms with Crippen molar-refractivity contribution in [3.8, 4) is 0 Å². The van der Waals surface area contributed by atoms with Gasteiger partial charge in [-0.2, -0.15) is 0 Å². The van der Waals surface area contributed by atoms with Gasteiger partial charge in [-0.3, -0.25) is 14.4 Å². The lowest BCUT2D eigenvalue weighted by Gasteiger charge is -2.18. The summed E-state index contributed by atoms with van der Waals surface area (Å²) in [6.45, 7) is 0.0992. The minimum atomic E-state index is -0.622. The second-order valence-corrected chi connectivity index (χ2v) is 7.85. The number of hydrogen-bond donors (Lipinski definition) is 2. The summed E-state index contributed by atoms with van der Waals surface area (Å²) < 4.78 is 14.1. The first-order valence-electron chi connectivity index (χ1n) is 10.3. The Labute approximate surface area is 174 Å². The molecule has 7 heteroatoms. The Morgan fingerprint density at radius 3 is 2.47 bits per heavy atom. The third kappa shape index (κ3) is 4.20. The number of halogens is 1. The molecule has 1 saturated carbocycles. The molecule has 0 aromatic heterocycles. The summed E-state index contributed by atoms with van der Waals surface area (Å²) in [6, 6.07) is 13.0. The van der Waals surface area contributed by atoms with Crippen LogP contribution in [0, 0.1) is 11.7 Å².